The van der Waals surface area contributed by atoms with Crippen molar-refractivity contribution in [2.75, 3.05) is 6.61 Å². The van der Waals surface area contributed by atoms with Crippen LogP contribution in [0, 0.1) is 0 Å². The normalized spacial score (nSPS) is 12.2. The average Bonchev–Trinajstić information content (AvgIpc) is 2.26. The summed E-state index contributed by atoms with van der Waals surface area (Å²) in [6, 6.07) is 5.48. The van der Waals surface area contributed by atoms with Crippen molar-refractivity contribution in [3.63, 3.8) is 0 Å². The van der Waals surface area contributed by atoms with Gasteiger partial charge in [-0.3, -0.25) is 0 Å². The van der Waals surface area contributed by atoms with E-state index in [2.05, 4.69) is 20.8 Å². The lowest BCUT2D eigenvalue weighted by atomic mass is 9.85. The Hall–Kier alpha value is -1.51. The molecule has 0 unspecified atom stereocenters. The van der Waals surface area contributed by atoms with E-state index in [-0.39, 0.29) is 11.4 Å². The van der Waals surface area contributed by atoms with Gasteiger partial charge in [0.15, 0.2) is 0 Å². The lowest BCUT2D eigenvalue weighted by molar-refractivity contribution is 0.00694. The molecule has 1 aromatic rings. The van der Waals surface area contributed by atoms with Crippen molar-refractivity contribution in [3.8, 4) is 5.75 Å². The molecule has 1 aromatic carbocycles. The molecule has 0 radical (unpaired) electrons. The highest BCUT2D eigenvalue weighted by Crippen LogP contribution is 2.32. The van der Waals surface area contributed by atoms with Crippen molar-refractivity contribution in [2.24, 2.45) is 0 Å². The van der Waals surface area contributed by atoms with Gasteiger partial charge < -0.3 is 9.47 Å². The van der Waals surface area contributed by atoms with Gasteiger partial charge in [0, 0.05) is 5.56 Å². The highest BCUT2D eigenvalue weighted by molar-refractivity contribution is 5.90. The first kappa shape index (κ1) is 16.5. The van der Waals surface area contributed by atoms with Gasteiger partial charge in [-0.1, -0.05) is 20.8 Å². The third-order valence-corrected chi connectivity index (χ3v) is 2.72. The van der Waals surface area contributed by atoms with Crippen molar-refractivity contribution >= 4 is 5.97 Å². The molecule has 0 aliphatic heterocycles. The molecule has 20 heavy (non-hydrogen) atoms. The molecule has 0 amide bonds. The highest BCUT2D eigenvalue weighted by atomic mass is 16.6. The van der Waals surface area contributed by atoms with Crippen LogP contribution in [0.5, 0.6) is 5.75 Å². The van der Waals surface area contributed by atoms with E-state index < -0.39 is 5.60 Å². The van der Waals surface area contributed by atoms with Gasteiger partial charge in [0.25, 0.3) is 0 Å². The van der Waals surface area contributed by atoms with Crippen molar-refractivity contribution in [2.45, 2.75) is 59.5 Å². The number of ether oxygens (including phenoxy) is 2. The summed E-state index contributed by atoms with van der Waals surface area (Å²) in [5.41, 5.74) is 0.996. The van der Waals surface area contributed by atoms with Gasteiger partial charge >= 0.3 is 5.97 Å². The number of hydrogen-bond acceptors (Lipinski definition) is 3. The lowest BCUT2D eigenvalue weighted by Crippen LogP contribution is -2.24. The smallest absolute Gasteiger partial charge is 0.338 e. The molecule has 0 spiro atoms. The first-order chi connectivity index (χ1) is 9.04. The van der Waals surface area contributed by atoms with E-state index in [1.807, 2.05) is 39.8 Å². The van der Waals surface area contributed by atoms with Crippen molar-refractivity contribution in [3.05, 3.63) is 29.3 Å². The Morgan fingerprint density at radius 3 is 2.15 bits per heavy atom. The molecule has 3 nitrogen and oxygen atoms in total. The third-order valence-electron chi connectivity index (χ3n) is 2.72. The minimum Gasteiger partial charge on any atom is -0.494 e. The largest absolute Gasteiger partial charge is 0.494 e. The summed E-state index contributed by atoms with van der Waals surface area (Å²) in [4.78, 5) is 12.1. The van der Waals surface area contributed by atoms with E-state index in [0.717, 1.165) is 11.3 Å². The second-order valence-corrected chi connectivity index (χ2v) is 6.90. The summed E-state index contributed by atoms with van der Waals surface area (Å²) in [6.07, 6.45) is 0. The fraction of sp³-hybridized carbons (Fsp3) is 0.588. The summed E-state index contributed by atoms with van der Waals surface area (Å²) in [6.45, 7) is 14.5. The van der Waals surface area contributed by atoms with Crippen molar-refractivity contribution in [1.29, 1.82) is 0 Å². The van der Waals surface area contributed by atoms with Gasteiger partial charge in [0.05, 0.1) is 12.2 Å². The molecule has 0 aliphatic carbocycles. The molecular weight excluding hydrogens is 252 g/mol. The summed E-state index contributed by atoms with van der Waals surface area (Å²) >= 11 is 0. The number of benzene rings is 1. The Kier molecular flexibility index (Phi) is 4.85. The van der Waals surface area contributed by atoms with E-state index >= 15 is 0 Å². The molecule has 0 aliphatic rings. The molecular formula is C17H26O3. The fourth-order valence-corrected chi connectivity index (χ4v) is 1.86. The molecule has 0 saturated heterocycles. The first-order valence-electron chi connectivity index (χ1n) is 7.05. The SMILES string of the molecule is CCOc1ccc(C(=O)OC(C)(C)C)cc1C(C)(C)C. The Labute approximate surface area is 122 Å². The van der Waals surface area contributed by atoms with Crippen LogP contribution >= 0.6 is 0 Å². The minimum absolute atomic E-state index is 0.0947. The zero-order valence-electron chi connectivity index (χ0n) is 13.7. The average molecular weight is 278 g/mol. The molecule has 0 bridgehead atoms. The van der Waals surface area contributed by atoms with E-state index in [1.165, 1.54) is 0 Å². The molecule has 0 atom stereocenters. The van der Waals surface area contributed by atoms with Crippen LogP contribution in [0.25, 0.3) is 0 Å². The number of carbonyl (C=O) groups excluding carboxylic acids is 1. The van der Waals surface area contributed by atoms with Crippen LogP contribution < -0.4 is 4.74 Å². The highest BCUT2D eigenvalue weighted by Gasteiger charge is 2.23. The van der Waals surface area contributed by atoms with E-state index in [0.29, 0.717) is 12.2 Å². The summed E-state index contributed by atoms with van der Waals surface area (Å²) in [5, 5.41) is 0. The van der Waals surface area contributed by atoms with Gasteiger partial charge in [-0.25, -0.2) is 4.79 Å². The standard InChI is InChI=1S/C17H26O3/c1-8-19-14-10-9-12(11-13(14)16(2,3)4)15(18)20-17(5,6)7/h9-11H,8H2,1-7H3. The van der Waals surface area contributed by atoms with Crippen LogP contribution in [0.2, 0.25) is 0 Å². The second kappa shape index (κ2) is 5.86. The number of esters is 1. The second-order valence-electron chi connectivity index (χ2n) is 6.90. The summed E-state index contributed by atoms with van der Waals surface area (Å²) < 4.78 is 11.1. The Morgan fingerprint density at radius 2 is 1.70 bits per heavy atom. The maximum atomic E-state index is 12.1. The monoisotopic (exact) mass is 278 g/mol. The van der Waals surface area contributed by atoms with E-state index in [4.69, 9.17) is 9.47 Å². The zero-order chi connectivity index (χ0) is 15.6. The van der Waals surface area contributed by atoms with E-state index in [9.17, 15) is 4.79 Å². The van der Waals surface area contributed by atoms with Gasteiger partial charge in [-0.2, -0.15) is 0 Å². The fourth-order valence-electron chi connectivity index (χ4n) is 1.86. The van der Waals surface area contributed by atoms with Gasteiger partial charge in [0.1, 0.15) is 11.4 Å². The van der Waals surface area contributed by atoms with Crippen LogP contribution in [0.1, 0.15) is 64.4 Å². The van der Waals surface area contributed by atoms with Crippen molar-refractivity contribution in [1.82, 2.24) is 0 Å². The predicted octanol–water partition coefficient (Wildman–Crippen LogP) is 4.34. The molecule has 0 saturated carbocycles. The zero-order valence-corrected chi connectivity index (χ0v) is 13.7. The van der Waals surface area contributed by atoms with Gasteiger partial charge in [-0.05, 0) is 51.3 Å². The Bertz CT molecular complexity index is 476. The molecule has 1 rings (SSSR count). The maximum Gasteiger partial charge on any atom is 0.338 e. The maximum absolute atomic E-state index is 12.1. The van der Waals surface area contributed by atoms with Gasteiger partial charge in [0.2, 0.25) is 0 Å². The minimum atomic E-state index is -0.489. The summed E-state index contributed by atoms with van der Waals surface area (Å²) in [7, 11) is 0. The lowest BCUT2D eigenvalue weighted by Gasteiger charge is -2.24. The Morgan fingerprint density at radius 1 is 1.10 bits per heavy atom. The topological polar surface area (TPSA) is 35.5 Å². The Balaban J connectivity index is 3.16. The van der Waals surface area contributed by atoms with Crippen LogP contribution in [-0.4, -0.2) is 18.2 Å². The van der Waals surface area contributed by atoms with Crippen LogP contribution in [0.15, 0.2) is 18.2 Å². The molecule has 3 heteroatoms. The van der Waals surface area contributed by atoms with Gasteiger partial charge in [-0.15, -0.1) is 0 Å². The van der Waals surface area contributed by atoms with Crippen LogP contribution in [0.4, 0.5) is 0 Å². The molecule has 0 N–H and O–H groups in total. The number of carbonyl (C=O) groups is 1. The molecule has 0 fully saturated rings. The first-order valence-corrected chi connectivity index (χ1v) is 7.05. The number of rotatable bonds is 3. The quantitative estimate of drug-likeness (QED) is 0.772. The van der Waals surface area contributed by atoms with E-state index in [1.54, 1.807) is 6.07 Å². The van der Waals surface area contributed by atoms with Crippen molar-refractivity contribution < 1.29 is 14.3 Å². The predicted molar refractivity (Wildman–Crippen MR) is 81.5 cm³/mol. The number of hydrogen-bond donors (Lipinski definition) is 0. The summed E-state index contributed by atoms with van der Waals surface area (Å²) in [5.74, 6) is 0.526. The van der Waals surface area contributed by atoms with Crippen LogP contribution in [0.3, 0.4) is 0 Å². The molecule has 0 aromatic heterocycles. The van der Waals surface area contributed by atoms with Crippen LogP contribution in [-0.2, 0) is 10.2 Å². The third kappa shape index (κ3) is 4.55. The molecule has 112 valence electrons. The molecule has 0 heterocycles.